The summed E-state index contributed by atoms with van der Waals surface area (Å²) in [5.74, 6) is -1.13. The minimum atomic E-state index is -1.82. The number of hydrogen-bond donors (Lipinski definition) is 4. The van der Waals surface area contributed by atoms with Crippen molar-refractivity contribution in [1.29, 1.82) is 0 Å². The molecule has 0 spiro atoms. The van der Waals surface area contributed by atoms with Gasteiger partial charge in [-0.05, 0) is 29.8 Å². The molecule has 3 rings (SSSR count). The molecule has 31 heavy (non-hydrogen) atoms. The Kier molecular flexibility index (Phi) is 8.46. The summed E-state index contributed by atoms with van der Waals surface area (Å²) in [6.07, 6.45) is 0. The van der Waals surface area contributed by atoms with Crippen LogP contribution in [0.15, 0.2) is 36.4 Å². The lowest BCUT2D eigenvalue weighted by Gasteiger charge is -2.12. The van der Waals surface area contributed by atoms with Crippen LogP contribution in [0.25, 0.3) is 0 Å². The molecule has 1 amide bonds. The van der Waals surface area contributed by atoms with E-state index in [-0.39, 0.29) is 19.2 Å². The van der Waals surface area contributed by atoms with E-state index >= 15 is 0 Å². The molecule has 11 heteroatoms. The molecule has 11 nitrogen and oxygen atoms in total. The molecule has 0 bridgehead atoms. The van der Waals surface area contributed by atoms with Gasteiger partial charge in [-0.25, -0.2) is 9.59 Å². The van der Waals surface area contributed by atoms with Crippen LogP contribution in [0, 0.1) is 0 Å². The van der Waals surface area contributed by atoms with Gasteiger partial charge in [0.15, 0.2) is 11.5 Å². The molecule has 0 saturated carbocycles. The molecule has 166 valence electrons. The first-order chi connectivity index (χ1) is 14.8. The Morgan fingerprint density at radius 1 is 0.968 bits per heavy atom. The molecule has 0 fully saturated rings. The highest BCUT2D eigenvalue weighted by Crippen LogP contribution is 2.32. The SMILES string of the molecule is COc1ccc(NC(=O)CNCc2ccc3c(c2)OCO3)c(OC)c1.O=C(O)C(=O)O. The normalized spacial score (nSPS) is 11.0. The number of anilines is 1. The van der Waals surface area contributed by atoms with Crippen molar-refractivity contribution in [2.75, 3.05) is 32.9 Å². The molecule has 0 saturated heterocycles. The molecule has 0 unspecified atom stereocenters. The topological polar surface area (TPSA) is 153 Å². The Morgan fingerprint density at radius 3 is 2.32 bits per heavy atom. The molecule has 4 N–H and O–H groups in total. The summed E-state index contributed by atoms with van der Waals surface area (Å²) in [6, 6.07) is 10.9. The minimum Gasteiger partial charge on any atom is -0.497 e. The smallest absolute Gasteiger partial charge is 0.414 e. The van der Waals surface area contributed by atoms with E-state index in [0.29, 0.717) is 23.7 Å². The van der Waals surface area contributed by atoms with Crippen molar-refractivity contribution in [2.24, 2.45) is 0 Å². The summed E-state index contributed by atoms with van der Waals surface area (Å²) >= 11 is 0. The van der Waals surface area contributed by atoms with Crippen LogP contribution in [-0.2, 0) is 20.9 Å². The fraction of sp³-hybridized carbons (Fsp3) is 0.250. The Labute approximate surface area is 177 Å². The van der Waals surface area contributed by atoms with Crippen LogP contribution < -0.4 is 29.6 Å². The lowest BCUT2D eigenvalue weighted by molar-refractivity contribution is -0.159. The van der Waals surface area contributed by atoms with Gasteiger partial charge in [0.1, 0.15) is 11.5 Å². The summed E-state index contributed by atoms with van der Waals surface area (Å²) in [5.41, 5.74) is 1.61. The molecule has 2 aromatic carbocycles. The van der Waals surface area contributed by atoms with Crippen molar-refractivity contribution < 1.29 is 43.5 Å². The van der Waals surface area contributed by atoms with Crippen LogP contribution in [0.3, 0.4) is 0 Å². The Bertz CT molecular complexity index is 934. The predicted octanol–water partition coefficient (Wildman–Crippen LogP) is 1.32. The number of fused-ring (bicyclic) bond motifs is 1. The number of carboxylic acids is 2. The van der Waals surface area contributed by atoms with Gasteiger partial charge in [0.05, 0.1) is 26.5 Å². The Morgan fingerprint density at radius 2 is 1.68 bits per heavy atom. The number of rotatable bonds is 7. The van der Waals surface area contributed by atoms with Gasteiger partial charge in [-0.15, -0.1) is 0 Å². The molecule has 1 aliphatic heterocycles. The number of carboxylic acid groups (broad SMARTS) is 2. The first-order valence-electron chi connectivity index (χ1n) is 8.91. The highest BCUT2D eigenvalue weighted by atomic mass is 16.7. The monoisotopic (exact) mass is 434 g/mol. The molecular weight excluding hydrogens is 412 g/mol. The number of ether oxygens (including phenoxy) is 4. The van der Waals surface area contributed by atoms with Crippen molar-refractivity contribution in [3.05, 3.63) is 42.0 Å². The highest BCUT2D eigenvalue weighted by Gasteiger charge is 2.13. The van der Waals surface area contributed by atoms with Crippen LogP contribution in [0.5, 0.6) is 23.0 Å². The van der Waals surface area contributed by atoms with E-state index in [1.807, 2.05) is 18.2 Å². The first-order valence-corrected chi connectivity index (χ1v) is 8.91. The number of carbonyl (C=O) groups excluding carboxylic acids is 1. The third kappa shape index (κ3) is 7.08. The zero-order chi connectivity index (χ0) is 22.8. The number of methoxy groups -OCH3 is 2. The van der Waals surface area contributed by atoms with E-state index < -0.39 is 11.9 Å². The van der Waals surface area contributed by atoms with Gasteiger partial charge in [0, 0.05) is 12.6 Å². The van der Waals surface area contributed by atoms with Crippen molar-refractivity contribution in [2.45, 2.75) is 6.54 Å². The largest absolute Gasteiger partial charge is 0.497 e. The molecular formula is C20H22N2O9. The third-order valence-electron chi connectivity index (χ3n) is 3.92. The molecule has 0 aromatic heterocycles. The van der Waals surface area contributed by atoms with Gasteiger partial charge in [-0.1, -0.05) is 6.07 Å². The zero-order valence-electron chi connectivity index (χ0n) is 16.8. The highest BCUT2D eigenvalue weighted by molar-refractivity contribution is 6.27. The van der Waals surface area contributed by atoms with Crippen LogP contribution in [-0.4, -0.2) is 55.6 Å². The lowest BCUT2D eigenvalue weighted by atomic mass is 10.2. The van der Waals surface area contributed by atoms with Gasteiger partial charge in [-0.3, -0.25) is 4.79 Å². The van der Waals surface area contributed by atoms with Crippen LogP contribution in [0.1, 0.15) is 5.56 Å². The maximum absolute atomic E-state index is 12.1. The van der Waals surface area contributed by atoms with Crippen molar-refractivity contribution in [3.63, 3.8) is 0 Å². The van der Waals surface area contributed by atoms with E-state index in [2.05, 4.69) is 10.6 Å². The van der Waals surface area contributed by atoms with E-state index in [9.17, 15) is 4.79 Å². The fourth-order valence-corrected chi connectivity index (χ4v) is 2.47. The summed E-state index contributed by atoms with van der Waals surface area (Å²) < 4.78 is 21.0. The number of hydrogen-bond acceptors (Lipinski definition) is 8. The van der Waals surface area contributed by atoms with E-state index in [4.69, 9.17) is 38.7 Å². The van der Waals surface area contributed by atoms with Crippen molar-refractivity contribution in [1.82, 2.24) is 5.32 Å². The van der Waals surface area contributed by atoms with Gasteiger partial charge < -0.3 is 39.8 Å². The quantitative estimate of drug-likeness (QED) is 0.469. The second kappa shape index (κ2) is 11.3. The number of benzene rings is 2. The second-order valence-electron chi connectivity index (χ2n) is 6.02. The Balaban J connectivity index is 0.000000501. The summed E-state index contributed by atoms with van der Waals surface area (Å²) in [5, 5.41) is 20.7. The van der Waals surface area contributed by atoms with Crippen molar-refractivity contribution in [3.8, 4) is 23.0 Å². The molecule has 1 heterocycles. The fourth-order valence-electron chi connectivity index (χ4n) is 2.47. The molecule has 0 radical (unpaired) electrons. The second-order valence-corrected chi connectivity index (χ2v) is 6.02. The molecule has 0 aliphatic carbocycles. The summed E-state index contributed by atoms with van der Waals surface area (Å²) in [4.78, 5) is 30.3. The summed E-state index contributed by atoms with van der Waals surface area (Å²) in [7, 11) is 3.12. The first kappa shape index (κ1) is 23.3. The zero-order valence-corrected chi connectivity index (χ0v) is 16.8. The van der Waals surface area contributed by atoms with E-state index in [0.717, 1.165) is 17.1 Å². The molecule has 0 atom stereocenters. The number of carbonyl (C=O) groups is 3. The van der Waals surface area contributed by atoms with Crippen LogP contribution in [0.4, 0.5) is 5.69 Å². The summed E-state index contributed by atoms with van der Waals surface area (Å²) in [6.45, 7) is 0.964. The standard InChI is InChI=1S/C18H20N2O5.C2H2O4/c1-22-13-4-5-14(16(8-13)23-2)20-18(21)10-19-9-12-3-6-15-17(7-12)25-11-24-15;3-1(4)2(5)6/h3-8,19H,9-11H2,1-2H3,(H,20,21);(H,3,4)(H,5,6). The van der Waals surface area contributed by atoms with Gasteiger partial charge in [-0.2, -0.15) is 0 Å². The third-order valence-corrected chi connectivity index (χ3v) is 3.92. The van der Waals surface area contributed by atoms with Gasteiger partial charge >= 0.3 is 11.9 Å². The van der Waals surface area contributed by atoms with Gasteiger partial charge in [0.2, 0.25) is 12.7 Å². The van der Waals surface area contributed by atoms with Crippen LogP contribution in [0.2, 0.25) is 0 Å². The molecule has 2 aromatic rings. The number of aliphatic carboxylic acids is 2. The predicted molar refractivity (Wildman–Crippen MR) is 108 cm³/mol. The average molecular weight is 434 g/mol. The van der Waals surface area contributed by atoms with Crippen molar-refractivity contribution >= 4 is 23.5 Å². The molecule has 1 aliphatic rings. The van der Waals surface area contributed by atoms with Crippen LogP contribution >= 0.6 is 0 Å². The van der Waals surface area contributed by atoms with Gasteiger partial charge in [0.25, 0.3) is 0 Å². The lowest BCUT2D eigenvalue weighted by Crippen LogP contribution is -2.27. The van der Waals surface area contributed by atoms with E-state index in [1.54, 1.807) is 32.4 Å². The average Bonchev–Trinajstić information content (AvgIpc) is 3.22. The Hall–Kier alpha value is -3.99. The minimum absolute atomic E-state index is 0.163. The maximum atomic E-state index is 12.1. The maximum Gasteiger partial charge on any atom is 0.414 e. The van der Waals surface area contributed by atoms with E-state index in [1.165, 1.54) is 0 Å². The number of amides is 1. The number of nitrogens with one attached hydrogen (secondary N) is 2.